The Labute approximate surface area is 186 Å². The predicted octanol–water partition coefficient (Wildman–Crippen LogP) is 4.01. The lowest BCUT2D eigenvalue weighted by molar-refractivity contribution is -0.125. The van der Waals surface area contributed by atoms with Crippen molar-refractivity contribution in [3.63, 3.8) is 0 Å². The van der Waals surface area contributed by atoms with Gasteiger partial charge in [0.15, 0.2) is 0 Å². The molecule has 1 aliphatic heterocycles. The lowest BCUT2D eigenvalue weighted by atomic mass is 9.88. The molecule has 32 heavy (non-hydrogen) atoms. The maximum Gasteiger partial charge on any atom is 0.256 e. The standard InChI is InChI=1S/C26H25FN2O3/c1-32-20-13-11-19(12-14-20)22-16-29(26(31)21-9-5-6-10-24(21)27)17-23(22)25(30)28-15-18-7-3-2-4-8-18/h2-14,22-23H,15-17H2,1H3,(H,28,30). The summed E-state index contributed by atoms with van der Waals surface area (Å²) in [5.74, 6) is -1.01. The van der Waals surface area contributed by atoms with Crippen molar-refractivity contribution >= 4 is 11.8 Å². The molecule has 0 saturated carbocycles. The fraction of sp³-hybridized carbons (Fsp3) is 0.231. The normalized spacial score (nSPS) is 17.8. The summed E-state index contributed by atoms with van der Waals surface area (Å²) in [4.78, 5) is 27.7. The van der Waals surface area contributed by atoms with E-state index in [1.165, 1.54) is 12.1 Å². The number of nitrogens with zero attached hydrogens (tertiary/aromatic N) is 1. The molecular weight excluding hydrogens is 407 g/mol. The average molecular weight is 432 g/mol. The summed E-state index contributed by atoms with van der Waals surface area (Å²) in [7, 11) is 1.60. The summed E-state index contributed by atoms with van der Waals surface area (Å²) in [6.07, 6.45) is 0. The number of hydrogen-bond acceptors (Lipinski definition) is 3. The van der Waals surface area contributed by atoms with Gasteiger partial charge in [-0.05, 0) is 35.4 Å². The van der Waals surface area contributed by atoms with Gasteiger partial charge in [-0.2, -0.15) is 0 Å². The Kier molecular flexibility index (Phi) is 6.50. The molecule has 2 unspecified atom stereocenters. The lowest BCUT2D eigenvalue weighted by Crippen LogP contribution is -2.35. The van der Waals surface area contributed by atoms with E-state index < -0.39 is 17.6 Å². The van der Waals surface area contributed by atoms with Crippen LogP contribution in [0.1, 0.15) is 27.4 Å². The number of ether oxygens (including phenoxy) is 1. The van der Waals surface area contributed by atoms with Gasteiger partial charge in [0, 0.05) is 25.6 Å². The lowest BCUT2D eigenvalue weighted by Gasteiger charge is -2.18. The van der Waals surface area contributed by atoms with E-state index in [4.69, 9.17) is 4.74 Å². The number of carbonyl (C=O) groups excluding carboxylic acids is 2. The monoisotopic (exact) mass is 432 g/mol. The molecule has 0 aromatic heterocycles. The van der Waals surface area contributed by atoms with Crippen LogP contribution in [0.4, 0.5) is 4.39 Å². The van der Waals surface area contributed by atoms with Crippen molar-refractivity contribution in [2.75, 3.05) is 20.2 Å². The predicted molar refractivity (Wildman–Crippen MR) is 120 cm³/mol. The number of rotatable bonds is 6. The van der Waals surface area contributed by atoms with Crippen LogP contribution in [0.5, 0.6) is 5.75 Å². The van der Waals surface area contributed by atoms with Gasteiger partial charge in [-0.1, -0.05) is 54.6 Å². The minimum atomic E-state index is -0.560. The van der Waals surface area contributed by atoms with Crippen molar-refractivity contribution in [2.45, 2.75) is 12.5 Å². The number of methoxy groups -OCH3 is 1. The summed E-state index contributed by atoms with van der Waals surface area (Å²) < 4.78 is 19.5. The van der Waals surface area contributed by atoms with E-state index >= 15 is 0 Å². The SMILES string of the molecule is COc1ccc(C2CN(C(=O)c3ccccc3F)CC2C(=O)NCc2ccccc2)cc1. The second kappa shape index (κ2) is 9.64. The quantitative estimate of drug-likeness (QED) is 0.640. The number of likely N-dealkylation sites (tertiary alicyclic amines) is 1. The third kappa shape index (κ3) is 4.64. The first-order valence-electron chi connectivity index (χ1n) is 10.6. The van der Waals surface area contributed by atoms with Crippen molar-refractivity contribution < 1.29 is 18.7 Å². The largest absolute Gasteiger partial charge is 0.497 e. The smallest absolute Gasteiger partial charge is 0.256 e. The van der Waals surface area contributed by atoms with E-state index in [0.29, 0.717) is 13.1 Å². The number of carbonyl (C=O) groups is 2. The van der Waals surface area contributed by atoms with Crippen LogP contribution >= 0.6 is 0 Å². The molecule has 1 saturated heterocycles. The van der Waals surface area contributed by atoms with Gasteiger partial charge in [0.05, 0.1) is 18.6 Å². The van der Waals surface area contributed by atoms with Gasteiger partial charge < -0.3 is 15.0 Å². The van der Waals surface area contributed by atoms with Crippen molar-refractivity contribution in [1.82, 2.24) is 10.2 Å². The van der Waals surface area contributed by atoms with Gasteiger partial charge in [0.1, 0.15) is 11.6 Å². The van der Waals surface area contributed by atoms with Gasteiger partial charge in [-0.15, -0.1) is 0 Å². The highest BCUT2D eigenvalue weighted by Gasteiger charge is 2.40. The second-order valence-corrected chi connectivity index (χ2v) is 7.88. The maximum absolute atomic E-state index is 14.2. The van der Waals surface area contributed by atoms with Crippen LogP contribution < -0.4 is 10.1 Å². The highest BCUT2D eigenvalue weighted by molar-refractivity contribution is 5.95. The first-order chi connectivity index (χ1) is 15.6. The molecular formula is C26H25FN2O3. The van der Waals surface area contributed by atoms with Crippen LogP contribution in [0.2, 0.25) is 0 Å². The number of halogens is 1. The zero-order valence-electron chi connectivity index (χ0n) is 17.8. The number of nitrogens with one attached hydrogen (secondary N) is 1. The molecule has 2 atom stereocenters. The molecule has 1 N–H and O–H groups in total. The second-order valence-electron chi connectivity index (χ2n) is 7.88. The van der Waals surface area contributed by atoms with Gasteiger partial charge in [-0.25, -0.2) is 4.39 Å². The number of benzene rings is 3. The third-order valence-corrected chi connectivity index (χ3v) is 5.90. The van der Waals surface area contributed by atoms with Gasteiger partial charge in [-0.3, -0.25) is 9.59 Å². The summed E-state index contributed by atoms with van der Waals surface area (Å²) >= 11 is 0. The zero-order valence-corrected chi connectivity index (χ0v) is 17.8. The van der Waals surface area contributed by atoms with E-state index in [2.05, 4.69) is 5.32 Å². The molecule has 0 radical (unpaired) electrons. The van der Waals surface area contributed by atoms with E-state index in [9.17, 15) is 14.0 Å². The molecule has 4 rings (SSSR count). The van der Waals surface area contributed by atoms with Crippen molar-refractivity contribution in [2.24, 2.45) is 5.92 Å². The molecule has 1 fully saturated rings. The Morgan fingerprint density at radius 2 is 1.66 bits per heavy atom. The van der Waals surface area contributed by atoms with Gasteiger partial charge in [0.2, 0.25) is 5.91 Å². The summed E-state index contributed by atoms with van der Waals surface area (Å²) in [6, 6.07) is 23.1. The molecule has 1 aliphatic rings. The molecule has 0 aliphatic carbocycles. The zero-order chi connectivity index (χ0) is 22.5. The van der Waals surface area contributed by atoms with Crippen molar-refractivity contribution in [3.8, 4) is 5.75 Å². The summed E-state index contributed by atoms with van der Waals surface area (Å²) in [5, 5.41) is 3.00. The summed E-state index contributed by atoms with van der Waals surface area (Å²) in [5.41, 5.74) is 1.96. The fourth-order valence-corrected chi connectivity index (χ4v) is 4.15. The number of amides is 2. The van der Waals surface area contributed by atoms with Crippen LogP contribution in [-0.2, 0) is 11.3 Å². The van der Waals surface area contributed by atoms with Crippen molar-refractivity contribution in [1.29, 1.82) is 0 Å². The highest BCUT2D eigenvalue weighted by Crippen LogP contribution is 2.34. The van der Waals surface area contributed by atoms with E-state index in [0.717, 1.165) is 16.9 Å². The maximum atomic E-state index is 14.2. The first-order valence-corrected chi connectivity index (χ1v) is 10.6. The molecule has 3 aromatic rings. The van der Waals surface area contributed by atoms with Gasteiger partial charge >= 0.3 is 0 Å². The molecule has 6 heteroatoms. The molecule has 2 amide bonds. The van der Waals surface area contributed by atoms with Crippen LogP contribution in [-0.4, -0.2) is 36.9 Å². The van der Waals surface area contributed by atoms with Crippen LogP contribution in [0.15, 0.2) is 78.9 Å². The molecule has 164 valence electrons. The van der Waals surface area contributed by atoms with E-state index in [1.807, 2.05) is 54.6 Å². The Balaban J connectivity index is 1.56. The third-order valence-electron chi connectivity index (χ3n) is 5.90. The molecule has 3 aromatic carbocycles. The topological polar surface area (TPSA) is 58.6 Å². The van der Waals surface area contributed by atoms with E-state index in [1.54, 1.807) is 24.1 Å². The fourth-order valence-electron chi connectivity index (χ4n) is 4.15. The average Bonchev–Trinajstić information content (AvgIpc) is 3.29. The molecule has 0 spiro atoms. The molecule has 5 nitrogen and oxygen atoms in total. The van der Waals surface area contributed by atoms with Gasteiger partial charge in [0.25, 0.3) is 5.91 Å². The summed E-state index contributed by atoms with van der Waals surface area (Å²) in [6.45, 7) is 0.972. The Bertz CT molecular complexity index is 1090. The molecule has 1 heterocycles. The molecule has 0 bridgehead atoms. The Hall–Kier alpha value is -3.67. The Morgan fingerprint density at radius 1 is 0.969 bits per heavy atom. The number of hydrogen-bond donors (Lipinski definition) is 1. The van der Waals surface area contributed by atoms with Crippen LogP contribution in [0.25, 0.3) is 0 Å². The Morgan fingerprint density at radius 3 is 2.34 bits per heavy atom. The van der Waals surface area contributed by atoms with E-state index in [-0.39, 0.29) is 23.9 Å². The highest BCUT2D eigenvalue weighted by atomic mass is 19.1. The first kappa shape index (κ1) is 21.6. The van der Waals surface area contributed by atoms with Crippen LogP contribution in [0, 0.1) is 11.7 Å². The minimum absolute atomic E-state index is 0.0197. The minimum Gasteiger partial charge on any atom is -0.497 e. The van der Waals surface area contributed by atoms with Crippen LogP contribution in [0.3, 0.4) is 0 Å². The van der Waals surface area contributed by atoms with Crippen molar-refractivity contribution in [3.05, 3.63) is 101 Å².